The molecule has 0 saturated heterocycles. The molecule has 20 heavy (non-hydrogen) atoms. The summed E-state index contributed by atoms with van der Waals surface area (Å²) in [6.45, 7) is -0.114. The Labute approximate surface area is 120 Å². The van der Waals surface area contributed by atoms with Crippen molar-refractivity contribution in [2.75, 3.05) is 12.4 Å². The van der Waals surface area contributed by atoms with Crippen LogP contribution in [-0.2, 0) is 11.3 Å². The molecule has 1 amide bonds. The molecule has 0 saturated carbocycles. The van der Waals surface area contributed by atoms with Gasteiger partial charge in [0.15, 0.2) is 0 Å². The number of aromatic nitrogens is 1. The number of para-hydroxylation sites is 2. The highest BCUT2D eigenvalue weighted by Crippen LogP contribution is 2.22. The third-order valence-corrected chi connectivity index (χ3v) is 2.87. The summed E-state index contributed by atoms with van der Waals surface area (Å²) in [7, 11) is 1.52. The van der Waals surface area contributed by atoms with Gasteiger partial charge < -0.3 is 14.6 Å². The first-order valence-corrected chi connectivity index (χ1v) is 6.27. The predicted molar refractivity (Wildman–Crippen MR) is 77.3 cm³/mol. The minimum absolute atomic E-state index is 0.114. The molecule has 0 spiro atoms. The summed E-state index contributed by atoms with van der Waals surface area (Å²) >= 11 is 5.80. The van der Waals surface area contributed by atoms with E-state index in [-0.39, 0.29) is 18.0 Å². The number of methoxy groups -OCH3 is 1. The van der Waals surface area contributed by atoms with E-state index in [1.807, 2.05) is 0 Å². The van der Waals surface area contributed by atoms with Gasteiger partial charge in [-0.1, -0.05) is 23.7 Å². The first-order chi connectivity index (χ1) is 9.60. The molecule has 0 unspecified atom stereocenters. The molecular formula is C14H13ClN2O3. The van der Waals surface area contributed by atoms with Gasteiger partial charge in [-0.15, -0.1) is 0 Å². The number of hydrogen-bond acceptors (Lipinski definition) is 3. The van der Waals surface area contributed by atoms with Crippen molar-refractivity contribution >= 4 is 23.2 Å². The summed E-state index contributed by atoms with van der Waals surface area (Å²) in [6, 6.07) is 9.84. The lowest BCUT2D eigenvalue weighted by Crippen LogP contribution is -2.26. The number of amides is 1. The molecule has 0 aliphatic carbocycles. The van der Waals surface area contributed by atoms with Gasteiger partial charge in [-0.3, -0.25) is 9.59 Å². The number of nitrogens with zero attached hydrogens (tertiary/aromatic N) is 1. The minimum atomic E-state index is -0.334. The lowest BCUT2D eigenvalue weighted by atomic mass is 10.3. The summed E-state index contributed by atoms with van der Waals surface area (Å²) in [4.78, 5) is 23.5. The largest absolute Gasteiger partial charge is 0.495 e. The van der Waals surface area contributed by atoms with Crippen molar-refractivity contribution in [2.24, 2.45) is 0 Å². The molecular weight excluding hydrogens is 280 g/mol. The van der Waals surface area contributed by atoms with Crippen LogP contribution in [0.3, 0.4) is 0 Å². The van der Waals surface area contributed by atoms with E-state index in [0.717, 1.165) is 0 Å². The normalized spacial score (nSPS) is 10.1. The van der Waals surface area contributed by atoms with E-state index in [4.69, 9.17) is 16.3 Å². The number of rotatable bonds is 4. The molecule has 0 radical (unpaired) electrons. The maximum Gasteiger partial charge on any atom is 0.251 e. The predicted octanol–water partition coefficient (Wildman–Crippen LogP) is 2.15. The highest BCUT2D eigenvalue weighted by molar-refractivity contribution is 6.30. The number of pyridine rings is 1. The molecule has 0 bridgehead atoms. The second kappa shape index (κ2) is 6.25. The molecule has 0 aliphatic rings. The van der Waals surface area contributed by atoms with Gasteiger partial charge >= 0.3 is 0 Å². The molecule has 1 heterocycles. The number of carbonyl (C=O) groups is 1. The third-order valence-electron chi connectivity index (χ3n) is 2.64. The molecule has 5 nitrogen and oxygen atoms in total. The Kier molecular flexibility index (Phi) is 4.42. The Hall–Kier alpha value is -2.27. The zero-order chi connectivity index (χ0) is 14.5. The fourth-order valence-electron chi connectivity index (χ4n) is 1.72. The van der Waals surface area contributed by atoms with Gasteiger partial charge in [0.2, 0.25) is 5.91 Å². The van der Waals surface area contributed by atoms with Crippen molar-refractivity contribution in [1.82, 2.24) is 4.57 Å². The fourth-order valence-corrected chi connectivity index (χ4v) is 1.90. The Balaban J connectivity index is 2.13. The van der Waals surface area contributed by atoms with Crippen molar-refractivity contribution in [3.8, 4) is 5.75 Å². The molecule has 0 fully saturated rings. The smallest absolute Gasteiger partial charge is 0.251 e. The SMILES string of the molecule is COc1ccccc1NC(=O)Cn1cc(Cl)ccc1=O. The van der Waals surface area contributed by atoms with Gasteiger partial charge in [-0.2, -0.15) is 0 Å². The lowest BCUT2D eigenvalue weighted by Gasteiger charge is -2.10. The highest BCUT2D eigenvalue weighted by atomic mass is 35.5. The molecule has 1 N–H and O–H groups in total. The zero-order valence-corrected chi connectivity index (χ0v) is 11.6. The summed E-state index contributed by atoms with van der Waals surface area (Å²) in [5, 5.41) is 3.09. The molecule has 0 atom stereocenters. The van der Waals surface area contributed by atoms with Crippen LogP contribution in [0.25, 0.3) is 0 Å². The highest BCUT2D eigenvalue weighted by Gasteiger charge is 2.08. The first-order valence-electron chi connectivity index (χ1n) is 5.89. The number of carbonyl (C=O) groups excluding carboxylic acids is 1. The van der Waals surface area contributed by atoms with Crippen LogP contribution in [0, 0.1) is 0 Å². The maximum atomic E-state index is 11.9. The van der Waals surface area contributed by atoms with E-state index >= 15 is 0 Å². The van der Waals surface area contributed by atoms with E-state index in [9.17, 15) is 9.59 Å². The average molecular weight is 293 g/mol. The van der Waals surface area contributed by atoms with E-state index in [1.54, 1.807) is 24.3 Å². The number of nitrogens with one attached hydrogen (secondary N) is 1. The quantitative estimate of drug-likeness (QED) is 0.939. The Morgan fingerprint density at radius 1 is 1.30 bits per heavy atom. The number of ether oxygens (including phenoxy) is 1. The van der Waals surface area contributed by atoms with Crippen LogP contribution in [0.2, 0.25) is 5.02 Å². The van der Waals surface area contributed by atoms with E-state index in [1.165, 1.54) is 30.0 Å². The van der Waals surface area contributed by atoms with E-state index in [0.29, 0.717) is 16.5 Å². The third kappa shape index (κ3) is 3.39. The van der Waals surface area contributed by atoms with Crippen molar-refractivity contribution < 1.29 is 9.53 Å². The van der Waals surface area contributed by atoms with Crippen LogP contribution in [-0.4, -0.2) is 17.6 Å². The monoisotopic (exact) mass is 292 g/mol. The van der Waals surface area contributed by atoms with Crippen molar-refractivity contribution in [1.29, 1.82) is 0 Å². The van der Waals surface area contributed by atoms with Crippen LogP contribution in [0.5, 0.6) is 5.75 Å². The summed E-state index contributed by atoms with van der Waals surface area (Å²) in [5.41, 5.74) is 0.264. The van der Waals surface area contributed by atoms with E-state index in [2.05, 4.69) is 5.32 Å². The van der Waals surface area contributed by atoms with Crippen LogP contribution in [0.4, 0.5) is 5.69 Å². The first kappa shape index (κ1) is 14.1. The Morgan fingerprint density at radius 2 is 2.05 bits per heavy atom. The van der Waals surface area contributed by atoms with Crippen LogP contribution in [0.15, 0.2) is 47.4 Å². The molecule has 0 aliphatic heterocycles. The van der Waals surface area contributed by atoms with E-state index < -0.39 is 0 Å². The van der Waals surface area contributed by atoms with Crippen molar-refractivity contribution in [3.63, 3.8) is 0 Å². The van der Waals surface area contributed by atoms with Gasteiger partial charge in [-0.05, 0) is 18.2 Å². The van der Waals surface area contributed by atoms with Gasteiger partial charge in [0, 0.05) is 12.3 Å². The standard InChI is InChI=1S/C14H13ClN2O3/c1-20-12-5-3-2-4-11(12)16-13(18)9-17-8-10(15)6-7-14(17)19/h2-8H,9H2,1H3,(H,16,18). The Morgan fingerprint density at radius 3 is 2.80 bits per heavy atom. The summed E-state index contributed by atoms with van der Waals surface area (Å²) in [5.74, 6) is 0.221. The molecule has 2 aromatic rings. The van der Waals surface area contributed by atoms with Gasteiger partial charge in [-0.25, -0.2) is 0 Å². The topological polar surface area (TPSA) is 60.3 Å². The number of hydrogen-bond donors (Lipinski definition) is 1. The zero-order valence-electron chi connectivity index (χ0n) is 10.8. The van der Waals surface area contributed by atoms with Gasteiger partial charge in [0.25, 0.3) is 5.56 Å². The molecule has 104 valence electrons. The van der Waals surface area contributed by atoms with Gasteiger partial charge in [0.05, 0.1) is 17.8 Å². The number of benzene rings is 1. The van der Waals surface area contributed by atoms with Crippen molar-refractivity contribution in [3.05, 3.63) is 58.0 Å². The van der Waals surface area contributed by atoms with Crippen molar-refractivity contribution in [2.45, 2.75) is 6.54 Å². The average Bonchev–Trinajstić information content (AvgIpc) is 2.43. The number of anilines is 1. The second-order valence-electron chi connectivity index (χ2n) is 4.06. The molecule has 1 aromatic heterocycles. The minimum Gasteiger partial charge on any atom is -0.495 e. The number of halogens is 1. The molecule has 6 heteroatoms. The van der Waals surface area contributed by atoms with Gasteiger partial charge in [0.1, 0.15) is 12.3 Å². The molecule has 2 rings (SSSR count). The van der Waals surface area contributed by atoms with Crippen LogP contribution >= 0.6 is 11.6 Å². The van der Waals surface area contributed by atoms with Crippen LogP contribution < -0.4 is 15.6 Å². The molecule has 1 aromatic carbocycles. The lowest BCUT2D eigenvalue weighted by molar-refractivity contribution is -0.116. The Bertz CT molecular complexity index is 682. The second-order valence-corrected chi connectivity index (χ2v) is 4.50. The fraction of sp³-hybridized carbons (Fsp3) is 0.143. The summed E-state index contributed by atoms with van der Waals surface area (Å²) in [6.07, 6.45) is 1.42. The summed E-state index contributed by atoms with van der Waals surface area (Å²) < 4.78 is 6.38. The van der Waals surface area contributed by atoms with Crippen LogP contribution in [0.1, 0.15) is 0 Å². The maximum absolute atomic E-state index is 11.9.